The monoisotopic (exact) mass is 144 g/mol. The summed E-state index contributed by atoms with van der Waals surface area (Å²) in [5.74, 6) is -0.197. The molecular weight excluding hydrogens is 136 g/mol. The summed E-state index contributed by atoms with van der Waals surface area (Å²) in [6, 6.07) is 1.21. The van der Waals surface area contributed by atoms with E-state index in [1.807, 2.05) is 0 Å². The summed E-state index contributed by atoms with van der Waals surface area (Å²) in [5.41, 5.74) is 0.441. The largest absolute Gasteiger partial charge is 0.508 e. The zero-order valence-corrected chi connectivity index (χ0v) is 5.66. The zero-order chi connectivity index (χ0) is 8.59. The third-order valence-electron chi connectivity index (χ3n) is 0.980. The molecule has 0 spiro atoms. The first-order valence-corrected chi connectivity index (χ1v) is 2.87. The molecule has 0 saturated heterocycles. The van der Waals surface area contributed by atoms with Crippen molar-refractivity contribution in [2.75, 3.05) is 0 Å². The Kier molecular flexibility index (Phi) is 1.06. The average Bonchev–Trinajstić information content (AvgIpc) is 1.97. The normalized spacial score (nSPS) is 12.7. The Morgan fingerprint density at radius 1 is 1.78 bits per heavy atom. The maximum absolute atomic E-state index is 9.04. The fourth-order valence-corrected chi connectivity index (χ4v) is 0.625. The molecule has 1 rings (SSSR count). The van der Waals surface area contributed by atoms with Crippen LogP contribution in [-0.2, 0) is 0 Å². The minimum absolute atomic E-state index is 0.00833. The van der Waals surface area contributed by atoms with Crippen molar-refractivity contribution in [3.63, 3.8) is 0 Å². The highest BCUT2D eigenvalue weighted by Crippen LogP contribution is 2.19. The molecule has 1 aromatic rings. The molecule has 48 valence electrons. The third kappa shape index (κ3) is 1.36. The van der Waals surface area contributed by atoms with Crippen LogP contribution < -0.4 is 0 Å². The first-order chi connectivity index (χ1) is 5.04. The molecule has 0 radical (unpaired) electrons. The molecule has 0 aromatic heterocycles. The molecule has 0 bridgehead atoms. The lowest BCUT2D eigenvalue weighted by atomic mass is 10.2. The van der Waals surface area contributed by atoms with Crippen LogP contribution >= 0.6 is 11.6 Å². The summed E-state index contributed by atoms with van der Waals surface area (Å²) in [4.78, 5) is 0. The molecule has 0 aliphatic rings. The molecule has 1 nitrogen and oxygen atoms in total. The molecule has 0 atom stereocenters. The van der Waals surface area contributed by atoms with E-state index in [-0.39, 0.29) is 22.9 Å². The van der Waals surface area contributed by atoms with Crippen molar-refractivity contribution >= 4 is 11.6 Å². The highest BCUT2D eigenvalue weighted by molar-refractivity contribution is 6.31. The van der Waals surface area contributed by atoms with Gasteiger partial charge in [-0.3, -0.25) is 0 Å². The number of rotatable bonds is 0. The second kappa shape index (κ2) is 2.28. The number of halogens is 1. The van der Waals surface area contributed by atoms with Crippen molar-refractivity contribution in [2.24, 2.45) is 0 Å². The summed E-state index contributed by atoms with van der Waals surface area (Å²) >= 11 is 5.64. The van der Waals surface area contributed by atoms with E-state index in [9.17, 15) is 0 Å². The van der Waals surface area contributed by atoms with Crippen LogP contribution in [-0.4, -0.2) is 5.11 Å². The van der Waals surface area contributed by atoms with Crippen LogP contribution in [0.1, 0.15) is 8.30 Å². The van der Waals surface area contributed by atoms with Gasteiger partial charge in [-0.1, -0.05) is 11.6 Å². The van der Waals surface area contributed by atoms with Crippen LogP contribution in [0.5, 0.6) is 5.75 Å². The summed E-state index contributed by atoms with van der Waals surface area (Å²) in [5, 5.41) is 9.27. The van der Waals surface area contributed by atoms with Crippen LogP contribution in [0.2, 0.25) is 5.02 Å². The lowest BCUT2D eigenvalue weighted by Gasteiger charge is -1.95. The minimum atomic E-state index is -0.197. The van der Waals surface area contributed by atoms with Gasteiger partial charge in [-0.2, -0.15) is 0 Å². The van der Waals surface area contributed by atoms with Crippen molar-refractivity contribution in [1.29, 1.82) is 0 Å². The Hall–Kier alpha value is -0.690. The van der Waals surface area contributed by atoms with Gasteiger partial charge in [0.2, 0.25) is 0 Å². The predicted molar refractivity (Wildman–Crippen MR) is 37.9 cm³/mol. The first-order valence-electron chi connectivity index (χ1n) is 3.49. The third-order valence-corrected chi connectivity index (χ3v) is 1.37. The molecule has 0 fully saturated rings. The van der Waals surface area contributed by atoms with E-state index in [4.69, 9.17) is 19.4 Å². The van der Waals surface area contributed by atoms with E-state index in [0.29, 0.717) is 5.56 Å². The molecule has 9 heavy (non-hydrogen) atoms. The SMILES string of the molecule is [2H]c1cc(O)c([2H])c(C)c1Cl. The van der Waals surface area contributed by atoms with Crippen LogP contribution in [0.15, 0.2) is 18.2 Å². The van der Waals surface area contributed by atoms with Crippen molar-refractivity contribution in [3.05, 3.63) is 28.7 Å². The minimum Gasteiger partial charge on any atom is -0.508 e. The van der Waals surface area contributed by atoms with Gasteiger partial charge in [-0.25, -0.2) is 0 Å². The lowest BCUT2D eigenvalue weighted by molar-refractivity contribution is 0.475. The molecular formula is C7H7ClO. The van der Waals surface area contributed by atoms with Gasteiger partial charge in [-0.15, -0.1) is 0 Å². The number of hydrogen-bond acceptors (Lipinski definition) is 1. The van der Waals surface area contributed by atoms with Crippen LogP contribution in [0, 0.1) is 6.92 Å². The van der Waals surface area contributed by atoms with Gasteiger partial charge in [0.05, 0.1) is 2.74 Å². The predicted octanol–water partition coefficient (Wildman–Crippen LogP) is 2.35. The highest BCUT2D eigenvalue weighted by Gasteiger charge is 1.92. The zero-order valence-electron chi connectivity index (χ0n) is 6.90. The van der Waals surface area contributed by atoms with Crippen LogP contribution in [0.25, 0.3) is 0 Å². The Labute approximate surface area is 61.7 Å². The standard InChI is InChI=1S/C7H7ClO/c1-5-4-6(9)2-3-7(5)8/h2-4,9H,1H3/i3D,4D. The summed E-state index contributed by atoms with van der Waals surface area (Å²) in [6.07, 6.45) is 0. The van der Waals surface area contributed by atoms with Crippen molar-refractivity contribution < 1.29 is 7.85 Å². The molecule has 2 heteroatoms. The van der Waals surface area contributed by atoms with Crippen LogP contribution in [0.4, 0.5) is 0 Å². The van der Waals surface area contributed by atoms with Gasteiger partial charge in [0.1, 0.15) is 5.75 Å². The van der Waals surface area contributed by atoms with Gasteiger partial charge < -0.3 is 5.11 Å². The van der Waals surface area contributed by atoms with Crippen LogP contribution in [0.3, 0.4) is 0 Å². The van der Waals surface area contributed by atoms with E-state index >= 15 is 0 Å². The van der Waals surface area contributed by atoms with Gasteiger partial charge in [-0.05, 0) is 30.6 Å². The Balaban J connectivity index is 3.46. The number of phenols is 1. The molecule has 0 saturated carbocycles. The van der Waals surface area contributed by atoms with E-state index in [2.05, 4.69) is 0 Å². The molecule has 1 aromatic carbocycles. The lowest BCUT2D eigenvalue weighted by Crippen LogP contribution is -1.71. The Morgan fingerprint density at radius 2 is 2.44 bits per heavy atom. The number of phenolic OH excluding ortho intramolecular Hbond substituents is 1. The molecule has 0 aliphatic heterocycles. The molecule has 0 amide bonds. The number of benzene rings is 1. The summed E-state index contributed by atoms with van der Waals surface area (Å²) < 4.78 is 14.5. The Morgan fingerprint density at radius 3 is 3.11 bits per heavy atom. The number of aromatic hydroxyl groups is 1. The molecule has 0 unspecified atom stereocenters. The topological polar surface area (TPSA) is 20.2 Å². The summed E-state index contributed by atoms with van der Waals surface area (Å²) in [6.45, 7) is 1.60. The van der Waals surface area contributed by atoms with E-state index in [0.717, 1.165) is 6.07 Å². The quantitative estimate of drug-likeness (QED) is 0.593. The van der Waals surface area contributed by atoms with Gasteiger partial charge in [0, 0.05) is 5.02 Å². The first kappa shape index (κ1) is 4.18. The van der Waals surface area contributed by atoms with Gasteiger partial charge in [0.25, 0.3) is 0 Å². The van der Waals surface area contributed by atoms with E-state index < -0.39 is 0 Å². The molecule has 0 aliphatic carbocycles. The van der Waals surface area contributed by atoms with Crippen molar-refractivity contribution in [1.82, 2.24) is 0 Å². The smallest absolute Gasteiger partial charge is 0.115 e. The van der Waals surface area contributed by atoms with Crippen molar-refractivity contribution in [3.8, 4) is 5.75 Å². The van der Waals surface area contributed by atoms with Gasteiger partial charge >= 0.3 is 0 Å². The molecule has 0 heterocycles. The van der Waals surface area contributed by atoms with E-state index in [1.54, 1.807) is 6.92 Å². The Bertz CT molecular complexity index is 273. The summed E-state index contributed by atoms with van der Waals surface area (Å²) in [7, 11) is 0. The fraction of sp³-hybridized carbons (Fsp3) is 0.143. The fourth-order valence-electron chi connectivity index (χ4n) is 0.523. The number of hydrogen-bond donors (Lipinski definition) is 1. The highest BCUT2D eigenvalue weighted by atomic mass is 35.5. The maximum atomic E-state index is 9.04. The molecule has 1 N–H and O–H groups in total. The second-order valence-corrected chi connectivity index (χ2v) is 2.12. The maximum Gasteiger partial charge on any atom is 0.115 e. The van der Waals surface area contributed by atoms with E-state index in [1.165, 1.54) is 0 Å². The average molecular weight is 145 g/mol. The van der Waals surface area contributed by atoms with Crippen molar-refractivity contribution in [2.45, 2.75) is 6.92 Å². The second-order valence-electron chi connectivity index (χ2n) is 1.74. The van der Waals surface area contributed by atoms with Gasteiger partial charge in [0.15, 0.2) is 0 Å².